The first kappa shape index (κ1) is 16.9. The molecule has 0 aromatic heterocycles. The van der Waals surface area contributed by atoms with Gasteiger partial charge in [-0.2, -0.15) is 0 Å². The lowest BCUT2D eigenvalue weighted by Gasteiger charge is -2.28. The zero-order valence-electron chi connectivity index (χ0n) is 13.8. The molecule has 1 fully saturated rings. The van der Waals surface area contributed by atoms with E-state index < -0.39 is 4.92 Å². The van der Waals surface area contributed by atoms with Gasteiger partial charge in [0.25, 0.3) is 5.91 Å². The molecular weight excluding hydrogens is 324 g/mol. The lowest BCUT2D eigenvalue weighted by molar-refractivity contribution is -0.385. The van der Waals surface area contributed by atoms with Gasteiger partial charge < -0.3 is 14.4 Å². The first-order valence-electron chi connectivity index (χ1n) is 7.90. The molecule has 1 unspecified atom stereocenters. The van der Waals surface area contributed by atoms with Crippen molar-refractivity contribution in [2.45, 2.75) is 12.5 Å². The van der Waals surface area contributed by atoms with Gasteiger partial charge in [0.05, 0.1) is 24.7 Å². The van der Waals surface area contributed by atoms with Gasteiger partial charge in [-0.25, -0.2) is 0 Å². The Morgan fingerprint density at radius 3 is 2.64 bits per heavy atom. The van der Waals surface area contributed by atoms with Gasteiger partial charge in [-0.1, -0.05) is 18.2 Å². The van der Waals surface area contributed by atoms with E-state index in [-0.39, 0.29) is 23.4 Å². The number of benzene rings is 2. The number of ether oxygens (including phenoxy) is 2. The van der Waals surface area contributed by atoms with Gasteiger partial charge in [0.1, 0.15) is 0 Å². The molecule has 0 radical (unpaired) electrons. The number of methoxy groups -OCH3 is 1. The van der Waals surface area contributed by atoms with Crippen LogP contribution in [0.15, 0.2) is 48.5 Å². The summed E-state index contributed by atoms with van der Waals surface area (Å²) in [5.74, 6) is -0.179. The second-order valence-corrected chi connectivity index (χ2v) is 5.67. The number of para-hydroxylation sites is 1. The molecule has 3 rings (SSSR count). The normalized spacial score (nSPS) is 16.4. The van der Waals surface area contributed by atoms with Crippen LogP contribution >= 0.6 is 0 Å². The van der Waals surface area contributed by atoms with E-state index in [1.54, 1.807) is 4.90 Å². The van der Waals surface area contributed by atoms with E-state index in [4.69, 9.17) is 9.47 Å². The van der Waals surface area contributed by atoms with E-state index in [1.165, 1.54) is 25.3 Å². The summed E-state index contributed by atoms with van der Waals surface area (Å²) in [6.07, 6.45) is 0.741. The van der Waals surface area contributed by atoms with E-state index in [2.05, 4.69) is 0 Å². The second kappa shape index (κ2) is 7.31. The van der Waals surface area contributed by atoms with E-state index in [0.29, 0.717) is 18.8 Å². The van der Waals surface area contributed by atoms with Gasteiger partial charge >= 0.3 is 5.69 Å². The Labute approximate surface area is 144 Å². The van der Waals surface area contributed by atoms with Gasteiger partial charge in [0.15, 0.2) is 5.75 Å². The molecule has 0 bridgehead atoms. The molecule has 2 aromatic rings. The number of rotatable bonds is 5. The van der Waals surface area contributed by atoms with E-state index >= 15 is 0 Å². The summed E-state index contributed by atoms with van der Waals surface area (Å²) >= 11 is 0. The van der Waals surface area contributed by atoms with Crippen LogP contribution in [0.4, 0.5) is 11.4 Å². The Hall–Kier alpha value is -2.93. The molecule has 1 aliphatic rings. The fourth-order valence-electron chi connectivity index (χ4n) is 2.91. The molecular formula is C18H18N2O5. The summed E-state index contributed by atoms with van der Waals surface area (Å²) in [5.41, 5.74) is 0.924. The third-order valence-corrected chi connectivity index (χ3v) is 4.15. The topological polar surface area (TPSA) is 81.9 Å². The maximum atomic E-state index is 13.1. The van der Waals surface area contributed by atoms with Crippen LogP contribution in [-0.4, -0.2) is 37.2 Å². The largest absolute Gasteiger partial charge is 0.490 e. The minimum Gasteiger partial charge on any atom is -0.490 e. The van der Waals surface area contributed by atoms with Crippen LogP contribution in [0.5, 0.6) is 5.75 Å². The fraction of sp³-hybridized carbons (Fsp3) is 0.278. The molecule has 130 valence electrons. The second-order valence-electron chi connectivity index (χ2n) is 5.67. The Morgan fingerprint density at radius 1 is 1.28 bits per heavy atom. The molecule has 1 aliphatic heterocycles. The predicted molar refractivity (Wildman–Crippen MR) is 92.1 cm³/mol. The van der Waals surface area contributed by atoms with Crippen LogP contribution in [0.1, 0.15) is 16.8 Å². The number of nitro benzene ring substituents is 1. The number of hydrogen-bond donors (Lipinski definition) is 0. The molecule has 1 saturated heterocycles. The van der Waals surface area contributed by atoms with Crippen LogP contribution in [0.3, 0.4) is 0 Å². The highest BCUT2D eigenvalue weighted by Crippen LogP contribution is 2.30. The lowest BCUT2D eigenvalue weighted by atomic mass is 10.1. The third-order valence-electron chi connectivity index (χ3n) is 4.15. The Balaban J connectivity index is 1.99. The van der Waals surface area contributed by atoms with Crippen molar-refractivity contribution in [3.8, 4) is 5.75 Å². The van der Waals surface area contributed by atoms with Crippen LogP contribution in [-0.2, 0) is 4.74 Å². The monoisotopic (exact) mass is 342 g/mol. The fourth-order valence-corrected chi connectivity index (χ4v) is 2.91. The summed E-state index contributed by atoms with van der Waals surface area (Å²) in [5, 5.41) is 11.0. The Bertz CT molecular complexity index is 772. The van der Waals surface area contributed by atoms with Crippen molar-refractivity contribution in [3.05, 3.63) is 64.2 Å². The minimum absolute atomic E-state index is 0.0616. The number of anilines is 1. The van der Waals surface area contributed by atoms with Crippen molar-refractivity contribution in [1.29, 1.82) is 0 Å². The number of hydrogen-bond acceptors (Lipinski definition) is 5. The maximum Gasteiger partial charge on any atom is 0.310 e. The van der Waals surface area contributed by atoms with Gasteiger partial charge in [-0.05, 0) is 24.6 Å². The molecule has 1 amide bonds. The molecule has 7 heteroatoms. The Morgan fingerprint density at radius 2 is 2.04 bits per heavy atom. The third kappa shape index (κ3) is 3.46. The standard InChI is InChI=1S/C18H18N2O5/c1-24-17-11-13(7-8-16(17)20(22)23)18(21)19(15-9-10-25-12-15)14-5-3-2-4-6-14/h2-8,11,15H,9-10,12H2,1H3. The summed E-state index contributed by atoms with van der Waals surface area (Å²) in [7, 11) is 1.34. The molecule has 0 aliphatic carbocycles. The van der Waals surface area contributed by atoms with E-state index in [1.807, 2.05) is 30.3 Å². The zero-order valence-corrected chi connectivity index (χ0v) is 13.8. The highest BCUT2D eigenvalue weighted by atomic mass is 16.6. The summed E-state index contributed by atoms with van der Waals surface area (Å²) < 4.78 is 10.5. The maximum absolute atomic E-state index is 13.1. The van der Waals surface area contributed by atoms with Crippen molar-refractivity contribution in [3.63, 3.8) is 0 Å². The highest BCUT2D eigenvalue weighted by Gasteiger charge is 2.30. The molecule has 0 spiro atoms. The van der Waals surface area contributed by atoms with Gasteiger partial charge in [-0.15, -0.1) is 0 Å². The smallest absolute Gasteiger partial charge is 0.310 e. The first-order chi connectivity index (χ1) is 12.1. The van der Waals surface area contributed by atoms with E-state index in [0.717, 1.165) is 12.1 Å². The molecule has 1 heterocycles. The number of carbonyl (C=O) groups excluding carboxylic acids is 1. The summed E-state index contributed by atoms with van der Waals surface area (Å²) in [6, 6.07) is 13.4. The first-order valence-corrected chi connectivity index (χ1v) is 7.90. The van der Waals surface area contributed by atoms with Crippen LogP contribution < -0.4 is 9.64 Å². The molecule has 1 atom stereocenters. The lowest BCUT2D eigenvalue weighted by Crippen LogP contribution is -2.41. The molecule has 0 N–H and O–H groups in total. The zero-order chi connectivity index (χ0) is 17.8. The minimum atomic E-state index is -0.535. The molecule has 0 saturated carbocycles. The van der Waals surface area contributed by atoms with Gasteiger partial charge in [-0.3, -0.25) is 14.9 Å². The SMILES string of the molecule is COc1cc(C(=O)N(c2ccccc2)C2CCOC2)ccc1[N+](=O)[O-]. The van der Waals surface area contributed by atoms with Crippen LogP contribution in [0, 0.1) is 10.1 Å². The predicted octanol–water partition coefficient (Wildman–Crippen LogP) is 3.04. The van der Waals surface area contributed by atoms with E-state index in [9.17, 15) is 14.9 Å². The van der Waals surface area contributed by atoms with Crippen molar-refractivity contribution in [2.75, 3.05) is 25.2 Å². The number of amides is 1. The number of carbonyl (C=O) groups is 1. The number of nitrogens with zero attached hydrogens (tertiary/aromatic N) is 2. The molecule has 7 nitrogen and oxygen atoms in total. The van der Waals surface area contributed by atoms with Crippen LogP contribution in [0.2, 0.25) is 0 Å². The quantitative estimate of drug-likeness (QED) is 0.616. The van der Waals surface area contributed by atoms with Gasteiger partial charge in [0.2, 0.25) is 0 Å². The van der Waals surface area contributed by atoms with Crippen LogP contribution in [0.25, 0.3) is 0 Å². The summed E-state index contributed by atoms with van der Waals surface area (Å²) in [4.78, 5) is 25.3. The van der Waals surface area contributed by atoms with Crippen molar-refractivity contribution < 1.29 is 19.2 Å². The Kier molecular flexibility index (Phi) is 4.95. The average Bonchev–Trinajstić information content (AvgIpc) is 3.16. The number of nitro groups is 1. The molecule has 2 aromatic carbocycles. The highest BCUT2D eigenvalue weighted by molar-refractivity contribution is 6.07. The van der Waals surface area contributed by atoms with Crippen molar-refractivity contribution in [2.24, 2.45) is 0 Å². The van der Waals surface area contributed by atoms with Crippen molar-refractivity contribution in [1.82, 2.24) is 0 Å². The summed E-state index contributed by atoms with van der Waals surface area (Å²) in [6.45, 7) is 1.07. The average molecular weight is 342 g/mol. The molecule has 25 heavy (non-hydrogen) atoms. The van der Waals surface area contributed by atoms with Crippen molar-refractivity contribution >= 4 is 17.3 Å². The van der Waals surface area contributed by atoms with Gasteiger partial charge in [0, 0.05) is 30.0 Å².